The second-order valence-electron chi connectivity index (χ2n) is 2.82. The lowest BCUT2D eigenvalue weighted by atomic mass is 10.4. The van der Waals surface area contributed by atoms with E-state index in [0.29, 0.717) is 5.03 Å². The molecule has 0 spiro atoms. The Bertz CT molecular complexity index is 362. The van der Waals surface area contributed by atoms with Crippen LogP contribution in [0.5, 0.6) is 0 Å². The third-order valence-corrected chi connectivity index (χ3v) is 2.87. The number of amides is 1. The Morgan fingerprint density at radius 3 is 2.88 bits per heavy atom. The lowest BCUT2D eigenvalue weighted by Gasteiger charge is -2.13. The van der Waals surface area contributed by atoms with Gasteiger partial charge in [-0.3, -0.25) is 10.2 Å². The van der Waals surface area contributed by atoms with Gasteiger partial charge >= 0.3 is 0 Å². The number of rotatable bonds is 5. The summed E-state index contributed by atoms with van der Waals surface area (Å²) in [6, 6.07) is 0. The topological polar surface area (TPSA) is 116 Å². The van der Waals surface area contributed by atoms with E-state index in [1.165, 1.54) is 19.5 Å². The van der Waals surface area contributed by atoms with E-state index in [2.05, 4.69) is 15.4 Å². The molecule has 16 heavy (non-hydrogen) atoms. The van der Waals surface area contributed by atoms with Crippen molar-refractivity contribution in [2.75, 3.05) is 19.5 Å². The van der Waals surface area contributed by atoms with E-state index in [-0.39, 0.29) is 18.3 Å². The molecule has 0 saturated heterocycles. The van der Waals surface area contributed by atoms with Crippen LogP contribution in [0.15, 0.2) is 17.4 Å². The minimum atomic E-state index is -0.506. The number of nitrogens with two attached hydrogens (primary N) is 2. The number of hydrazine groups is 1. The number of carbonyl (C=O) groups is 1. The van der Waals surface area contributed by atoms with Gasteiger partial charge in [-0.05, 0) is 0 Å². The molecule has 1 aromatic heterocycles. The molecule has 0 saturated carbocycles. The summed E-state index contributed by atoms with van der Waals surface area (Å²) < 4.78 is 4.91. The highest BCUT2D eigenvalue weighted by atomic mass is 32.2. The molecule has 0 aromatic carbocycles. The first-order valence-corrected chi connectivity index (χ1v) is 5.29. The van der Waals surface area contributed by atoms with E-state index in [0.717, 1.165) is 11.8 Å². The van der Waals surface area contributed by atoms with E-state index >= 15 is 0 Å². The summed E-state index contributed by atoms with van der Waals surface area (Å²) in [5.41, 5.74) is 7.67. The van der Waals surface area contributed by atoms with Crippen LogP contribution in [0.2, 0.25) is 0 Å². The van der Waals surface area contributed by atoms with Crippen molar-refractivity contribution in [3.8, 4) is 0 Å². The molecule has 5 N–H and O–H groups in total. The van der Waals surface area contributed by atoms with Crippen LogP contribution >= 0.6 is 11.8 Å². The number of nitrogen functional groups attached to an aromatic ring is 1. The molecule has 1 unspecified atom stereocenters. The zero-order valence-corrected chi connectivity index (χ0v) is 9.53. The second-order valence-corrected chi connectivity index (χ2v) is 4.01. The van der Waals surface area contributed by atoms with Crippen LogP contribution in [0.1, 0.15) is 0 Å². The van der Waals surface area contributed by atoms with Crippen LogP contribution in [0.4, 0.5) is 5.82 Å². The fourth-order valence-corrected chi connectivity index (χ4v) is 1.91. The lowest BCUT2D eigenvalue weighted by molar-refractivity contribution is -0.121. The number of nitrogens with one attached hydrogen (secondary N) is 1. The van der Waals surface area contributed by atoms with E-state index in [9.17, 15) is 4.79 Å². The van der Waals surface area contributed by atoms with Crippen molar-refractivity contribution >= 4 is 23.5 Å². The summed E-state index contributed by atoms with van der Waals surface area (Å²) in [5, 5.41) is -0.0258. The number of thioether (sulfide) groups is 1. The normalized spacial score (nSPS) is 12.1. The van der Waals surface area contributed by atoms with E-state index in [4.69, 9.17) is 16.3 Å². The Balaban J connectivity index is 2.75. The van der Waals surface area contributed by atoms with Gasteiger partial charge < -0.3 is 10.5 Å². The summed E-state index contributed by atoms with van der Waals surface area (Å²) >= 11 is 1.16. The predicted molar refractivity (Wildman–Crippen MR) is 60.3 cm³/mol. The molecule has 8 heteroatoms. The number of anilines is 1. The summed E-state index contributed by atoms with van der Waals surface area (Å²) in [7, 11) is 1.50. The third-order valence-electron chi connectivity index (χ3n) is 1.70. The molecule has 0 bridgehead atoms. The Morgan fingerprint density at radius 2 is 2.31 bits per heavy atom. The molecular weight excluding hydrogens is 230 g/mol. The molecule has 88 valence electrons. The lowest BCUT2D eigenvalue weighted by Crippen LogP contribution is -2.39. The molecule has 0 aliphatic heterocycles. The number of hydrogen-bond acceptors (Lipinski definition) is 7. The SMILES string of the molecule is COCC(Sc1nccnc1N)C(=O)NN. The number of aromatic nitrogens is 2. The molecule has 0 radical (unpaired) electrons. The fraction of sp³-hybridized carbons (Fsp3) is 0.375. The predicted octanol–water partition coefficient (Wildman–Crippen LogP) is -0.844. The van der Waals surface area contributed by atoms with Crippen LogP contribution in [0.25, 0.3) is 0 Å². The Labute approximate surface area is 96.9 Å². The van der Waals surface area contributed by atoms with Gasteiger partial charge in [0.2, 0.25) is 5.91 Å². The van der Waals surface area contributed by atoms with Crippen molar-refractivity contribution in [2.45, 2.75) is 10.3 Å². The summed E-state index contributed by atoms with van der Waals surface area (Å²) in [4.78, 5) is 19.3. The zero-order chi connectivity index (χ0) is 12.0. The Morgan fingerprint density at radius 1 is 1.62 bits per heavy atom. The Kier molecular flexibility index (Phi) is 4.96. The summed E-state index contributed by atoms with van der Waals surface area (Å²) in [6.45, 7) is 0.212. The molecular formula is C8H13N5O2S. The van der Waals surface area contributed by atoms with Crippen LogP contribution in [0, 0.1) is 0 Å². The number of hydrogen-bond donors (Lipinski definition) is 3. The molecule has 1 aromatic rings. The van der Waals surface area contributed by atoms with Crippen molar-refractivity contribution in [2.24, 2.45) is 5.84 Å². The van der Waals surface area contributed by atoms with Gasteiger partial charge in [-0.2, -0.15) is 0 Å². The van der Waals surface area contributed by atoms with Gasteiger partial charge in [0.05, 0.1) is 6.61 Å². The number of methoxy groups -OCH3 is 1. The first kappa shape index (κ1) is 12.7. The van der Waals surface area contributed by atoms with Crippen LogP contribution < -0.4 is 17.0 Å². The van der Waals surface area contributed by atoms with Crippen molar-refractivity contribution in [1.29, 1.82) is 0 Å². The highest BCUT2D eigenvalue weighted by molar-refractivity contribution is 8.00. The summed E-state index contributed by atoms with van der Waals surface area (Å²) in [6.07, 6.45) is 2.98. The first-order valence-electron chi connectivity index (χ1n) is 4.41. The van der Waals surface area contributed by atoms with Gasteiger partial charge in [-0.1, -0.05) is 11.8 Å². The summed E-state index contributed by atoms with van der Waals surface area (Å²) in [5.74, 6) is 4.99. The molecule has 0 aliphatic carbocycles. The van der Waals surface area contributed by atoms with Crippen molar-refractivity contribution in [3.05, 3.63) is 12.4 Å². The monoisotopic (exact) mass is 243 g/mol. The van der Waals surface area contributed by atoms with E-state index in [1.54, 1.807) is 0 Å². The van der Waals surface area contributed by atoms with Gasteiger partial charge in [0.25, 0.3) is 0 Å². The molecule has 1 rings (SSSR count). The van der Waals surface area contributed by atoms with Crippen LogP contribution in [-0.4, -0.2) is 34.8 Å². The van der Waals surface area contributed by atoms with Gasteiger partial charge in [0, 0.05) is 19.5 Å². The molecule has 7 nitrogen and oxygen atoms in total. The standard InChI is InChI=1S/C8H13N5O2S/c1-15-4-5(7(14)13-10)16-8-6(9)11-2-3-12-8/h2-3,5H,4,10H2,1H3,(H2,9,11)(H,13,14). The average molecular weight is 243 g/mol. The maximum absolute atomic E-state index is 11.4. The minimum absolute atomic E-state index is 0.212. The van der Waals surface area contributed by atoms with Crippen molar-refractivity contribution in [3.63, 3.8) is 0 Å². The quantitative estimate of drug-likeness (QED) is 0.267. The zero-order valence-electron chi connectivity index (χ0n) is 8.71. The molecule has 1 atom stereocenters. The largest absolute Gasteiger partial charge is 0.383 e. The average Bonchev–Trinajstić information content (AvgIpc) is 2.30. The van der Waals surface area contributed by atoms with Crippen LogP contribution in [-0.2, 0) is 9.53 Å². The van der Waals surface area contributed by atoms with E-state index < -0.39 is 5.25 Å². The maximum Gasteiger partial charge on any atom is 0.249 e. The molecule has 1 heterocycles. The molecule has 1 amide bonds. The Hall–Kier alpha value is -1.38. The van der Waals surface area contributed by atoms with E-state index in [1.807, 2.05) is 0 Å². The second kappa shape index (κ2) is 6.26. The first-order chi connectivity index (χ1) is 7.69. The van der Waals surface area contributed by atoms with Gasteiger partial charge in [-0.25, -0.2) is 15.8 Å². The smallest absolute Gasteiger partial charge is 0.249 e. The fourth-order valence-electron chi connectivity index (χ4n) is 0.969. The van der Waals surface area contributed by atoms with Gasteiger partial charge in [-0.15, -0.1) is 0 Å². The van der Waals surface area contributed by atoms with Crippen LogP contribution in [0.3, 0.4) is 0 Å². The highest BCUT2D eigenvalue weighted by Gasteiger charge is 2.20. The van der Waals surface area contributed by atoms with Gasteiger partial charge in [0.15, 0.2) is 5.82 Å². The van der Waals surface area contributed by atoms with Crippen molar-refractivity contribution < 1.29 is 9.53 Å². The third kappa shape index (κ3) is 3.33. The number of carbonyl (C=O) groups excluding carboxylic acids is 1. The van der Waals surface area contributed by atoms with Crippen molar-refractivity contribution in [1.82, 2.24) is 15.4 Å². The number of ether oxygens (including phenoxy) is 1. The molecule has 0 fully saturated rings. The highest BCUT2D eigenvalue weighted by Crippen LogP contribution is 2.25. The molecule has 0 aliphatic rings. The maximum atomic E-state index is 11.4. The minimum Gasteiger partial charge on any atom is -0.383 e. The van der Waals surface area contributed by atoms with Gasteiger partial charge in [0.1, 0.15) is 10.3 Å². The number of nitrogens with zero attached hydrogens (tertiary/aromatic N) is 2.